The average molecular weight is 310 g/mol. The summed E-state index contributed by atoms with van der Waals surface area (Å²) >= 11 is 0. The summed E-state index contributed by atoms with van der Waals surface area (Å²) < 4.78 is 38.5. The molecule has 1 aliphatic rings. The molecular formula is C13H21F3N2O3. The molecule has 1 rings (SSSR count). The van der Waals surface area contributed by atoms with E-state index in [1.165, 1.54) is 4.90 Å². The van der Waals surface area contributed by atoms with Crippen molar-refractivity contribution in [1.29, 1.82) is 0 Å². The highest BCUT2D eigenvalue weighted by Crippen LogP contribution is 2.30. The number of piperidine rings is 1. The van der Waals surface area contributed by atoms with Crippen LogP contribution in [0.3, 0.4) is 0 Å². The van der Waals surface area contributed by atoms with Gasteiger partial charge in [0.25, 0.3) is 0 Å². The normalized spacial score (nSPS) is 26.3. The number of hydrogen-bond acceptors (Lipinski definition) is 3. The van der Waals surface area contributed by atoms with Crippen LogP contribution in [0.4, 0.5) is 13.2 Å². The highest BCUT2D eigenvalue weighted by Gasteiger charge is 2.57. The monoisotopic (exact) mass is 310 g/mol. The lowest BCUT2D eigenvalue weighted by Crippen LogP contribution is -2.62. The standard InChI is InChI=1S/C13H21F3N2O3/c1-8-5-4-6-9(2)18(8)10(19)7-17-12(3,11(20)21)13(14,15)16/h8-9,17H,4-7H2,1-3H3,(H,20,21). The van der Waals surface area contributed by atoms with Gasteiger partial charge in [0, 0.05) is 12.1 Å². The molecular weight excluding hydrogens is 289 g/mol. The number of carboxylic acids is 1. The van der Waals surface area contributed by atoms with Crippen molar-refractivity contribution < 1.29 is 27.9 Å². The van der Waals surface area contributed by atoms with Gasteiger partial charge < -0.3 is 10.0 Å². The molecule has 0 spiro atoms. The summed E-state index contributed by atoms with van der Waals surface area (Å²) in [4.78, 5) is 24.5. The lowest BCUT2D eigenvalue weighted by molar-refractivity contribution is -0.205. The summed E-state index contributed by atoms with van der Waals surface area (Å²) in [6.45, 7) is 3.55. The van der Waals surface area contributed by atoms with Crippen molar-refractivity contribution in [2.75, 3.05) is 6.54 Å². The zero-order valence-corrected chi connectivity index (χ0v) is 12.3. The summed E-state index contributed by atoms with van der Waals surface area (Å²) in [6, 6.07) is -0.102. The molecule has 0 aromatic heterocycles. The molecule has 2 N–H and O–H groups in total. The van der Waals surface area contributed by atoms with E-state index in [9.17, 15) is 22.8 Å². The third kappa shape index (κ3) is 3.66. The maximum atomic E-state index is 12.8. The third-order valence-corrected chi connectivity index (χ3v) is 4.07. The highest BCUT2D eigenvalue weighted by molar-refractivity contribution is 5.83. The molecule has 21 heavy (non-hydrogen) atoms. The van der Waals surface area contributed by atoms with Crippen LogP contribution in [-0.4, -0.2) is 52.2 Å². The predicted molar refractivity (Wildman–Crippen MR) is 69.7 cm³/mol. The van der Waals surface area contributed by atoms with Crippen molar-refractivity contribution in [3.8, 4) is 0 Å². The first kappa shape index (κ1) is 17.7. The van der Waals surface area contributed by atoms with Gasteiger partial charge in [0.15, 0.2) is 0 Å². The van der Waals surface area contributed by atoms with Gasteiger partial charge in [-0.25, -0.2) is 4.79 Å². The van der Waals surface area contributed by atoms with Crippen molar-refractivity contribution in [1.82, 2.24) is 10.2 Å². The summed E-state index contributed by atoms with van der Waals surface area (Å²) in [5.74, 6) is -2.56. The number of carboxylic acid groups (broad SMARTS) is 1. The van der Waals surface area contributed by atoms with Crippen LogP contribution in [0, 0.1) is 0 Å². The second-order valence-corrected chi connectivity index (χ2v) is 5.71. The molecule has 5 nitrogen and oxygen atoms in total. The molecule has 0 aromatic rings. The summed E-state index contributed by atoms with van der Waals surface area (Å²) in [5, 5.41) is 10.6. The van der Waals surface area contributed by atoms with Crippen LogP contribution in [0.15, 0.2) is 0 Å². The molecule has 0 aliphatic carbocycles. The van der Waals surface area contributed by atoms with Crippen LogP contribution in [-0.2, 0) is 9.59 Å². The average Bonchev–Trinajstić information content (AvgIpc) is 2.33. The molecule has 0 saturated carbocycles. The van der Waals surface area contributed by atoms with E-state index in [0.717, 1.165) is 19.3 Å². The van der Waals surface area contributed by atoms with Gasteiger partial charge >= 0.3 is 12.1 Å². The van der Waals surface area contributed by atoms with Gasteiger partial charge in [-0.1, -0.05) is 0 Å². The molecule has 0 aromatic carbocycles. The fourth-order valence-electron chi connectivity index (χ4n) is 2.55. The summed E-state index contributed by atoms with van der Waals surface area (Å²) in [6.07, 6.45) is -2.43. The maximum absolute atomic E-state index is 12.8. The Labute approximate surface area is 121 Å². The molecule has 1 saturated heterocycles. The number of amides is 1. The Morgan fingerprint density at radius 3 is 2.10 bits per heavy atom. The van der Waals surface area contributed by atoms with Gasteiger partial charge in [-0.15, -0.1) is 0 Å². The van der Waals surface area contributed by atoms with Gasteiger partial charge in [-0.3, -0.25) is 10.1 Å². The minimum absolute atomic E-state index is 0.0509. The van der Waals surface area contributed by atoms with Crippen LogP contribution < -0.4 is 5.32 Å². The maximum Gasteiger partial charge on any atom is 0.417 e. The lowest BCUT2D eigenvalue weighted by atomic mass is 9.97. The SMILES string of the molecule is CC1CCCC(C)N1C(=O)CNC(C)(C(=O)O)C(F)(F)F. The Hall–Kier alpha value is -1.31. The summed E-state index contributed by atoms with van der Waals surface area (Å²) in [7, 11) is 0. The smallest absolute Gasteiger partial charge is 0.417 e. The molecule has 1 fully saturated rings. The number of alkyl halides is 3. The molecule has 122 valence electrons. The number of carbonyl (C=O) groups excluding carboxylic acids is 1. The van der Waals surface area contributed by atoms with E-state index in [-0.39, 0.29) is 12.1 Å². The van der Waals surface area contributed by atoms with E-state index in [1.54, 1.807) is 0 Å². The Kier molecular flexibility index (Phi) is 5.25. The Balaban J connectivity index is 2.76. The number of carbonyl (C=O) groups is 2. The number of aliphatic carboxylic acids is 1. The molecule has 3 atom stereocenters. The van der Waals surface area contributed by atoms with E-state index in [2.05, 4.69) is 0 Å². The predicted octanol–water partition coefficient (Wildman–Crippen LogP) is 1.77. The van der Waals surface area contributed by atoms with Crippen molar-refractivity contribution in [3.63, 3.8) is 0 Å². The van der Waals surface area contributed by atoms with E-state index < -0.39 is 30.1 Å². The first-order valence-corrected chi connectivity index (χ1v) is 6.87. The highest BCUT2D eigenvalue weighted by atomic mass is 19.4. The van der Waals surface area contributed by atoms with E-state index in [0.29, 0.717) is 6.92 Å². The molecule has 0 bridgehead atoms. The lowest BCUT2D eigenvalue weighted by Gasteiger charge is -2.40. The van der Waals surface area contributed by atoms with E-state index >= 15 is 0 Å². The molecule has 1 heterocycles. The number of likely N-dealkylation sites (tertiary alicyclic amines) is 1. The number of nitrogens with zero attached hydrogens (tertiary/aromatic N) is 1. The van der Waals surface area contributed by atoms with Crippen LogP contribution in [0.2, 0.25) is 0 Å². The van der Waals surface area contributed by atoms with E-state index in [1.807, 2.05) is 19.2 Å². The largest absolute Gasteiger partial charge is 0.480 e. The van der Waals surface area contributed by atoms with Crippen LogP contribution in [0.1, 0.15) is 40.0 Å². The third-order valence-electron chi connectivity index (χ3n) is 4.07. The fraction of sp³-hybridized carbons (Fsp3) is 0.846. The number of nitrogens with one attached hydrogen (secondary N) is 1. The Morgan fingerprint density at radius 2 is 1.71 bits per heavy atom. The van der Waals surface area contributed by atoms with Gasteiger partial charge in [-0.2, -0.15) is 13.2 Å². The molecule has 3 unspecified atom stereocenters. The van der Waals surface area contributed by atoms with Crippen molar-refractivity contribution >= 4 is 11.9 Å². The van der Waals surface area contributed by atoms with Crippen LogP contribution >= 0.6 is 0 Å². The number of hydrogen-bond donors (Lipinski definition) is 2. The van der Waals surface area contributed by atoms with Gasteiger partial charge in [0.1, 0.15) is 0 Å². The van der Waals surface area contributed by atoms with Gasteiger partial charge in [-0.05, 0) is 40.0 Å². The van der Waals surface area contributed by atoms with E-state index in [4.69, 9.17) is 5.11 Å². The van der Waals surface area contributed by atoms with Crippen molar-refractivity contribution in [3.05, 3.63) is 0 Å². The second-order valence-electron chi connectivity index (χ2n) is 5.71. The van der Waals surface area contributed by atoms with Crippen LogP contribution in [0.25, 0.3) is 0 Å². The number of rotatable bonds is 4. The summed E-state index contributed by atoms with van der Waals surface area (Å²) in [5.41, 5.74) is -3.13. The second kappa shape index (κ2) is 6.21. The van der Waals surface area contributed by atoms with Crippen molar-refractivity contribution in [2.24, 2.45) is 0 Å². The first-order valence-electron chi connectivity index (χ1n) is 6.87. The minimum Gasteiger partial charge on any atom is -0.480 e. The fourth-order valence-corrected chi connectivity index (χ4v) is 2.55. The quantitative estimate of drug-likeness (QED) is 0.830. The molecule has 1 amide bonds. The number of halogens is 3. The Bertz CT molecular complexity index is 404. The molecule has 1 aliphatic heterocycles. The minimum atomic E-state index is -4.99. The zero-order chi connectivity index (χ0) is 16.4. The Morgan fingerprint density at radius 1 is 1.24 bits per heavy atom. The molecule has 0 radical (unpaired) electrons. The van der Waals surface area contributed by atoms with Gasteiger partial charge in [0.05, 0.1) is 6.54 Å². The van der Waals surface area contributed by atoms with Crippen molar-refractivity contribution in [2.45, 2.75) is 63.8 Å². The zero-order valence-electron chi connectivity index (χ0n) is 12.3. The molecule has 8 heteroatoms. The van der Waals surface area contributed by atoms with Crippen LogP contribution in [0.5, 0.6) is 0 Å². The topological polar surface area (TPSA) is 69.6 Å². The van der Waals surface area contributed by atoms with Gasteiger partial charge in [0.2, 0.25) is 11.4 Å². The first-order chi connectivity index (χ1) is 9.50.